The van der Waals surface area contributed by atoms with Gasteiger partial charge in [0, 0.05) is 10.2 Å². The second kappa shape index (κ2) is 5.37. The summed E-state index contributed by atoms with van der Waals surface area (Å²) in [6, 6.07) is 15.3. The maximum Gasteiger partial charge on any atom is 0.282 e. The van der Waals surface area contributed by atoms with Crippen LogP contribution in [0.3, 0.4) is 0 Å². The van der Waals surface area contributed by atoms with Crippen molar-refractivity contribution in [1.82, 2.24) is 9.66 Å². The van der Waals surface area contributed by atoms with Gasteiger partial charge in [-0.3, -0.25) is 4.79 Å². The van der Waals surface area contributed by atoms with Crippen molar-refractivity contribution in [2.24, 2.45) is 5.10 Å². The summed E-state index contributed by atoms with van der Waals surface area (Å²) in [5.74, 6) is 0.701. The number of halogens is 1. The minimum atomic E-state index is -0.123. The molecule has 0 unspecified atom stereocenters. The van der Waals surface area contributed by atoms with E-state index in [1.807, 2.05) is 42.5 Å². The molecule has 3 aromatic rings. The average molecular weight is 372 g/mol. The molecule has 0 fully saturated rings. The van der Waals surface area contributed by atoms with E-state index in [9.17, 15) is 4.79 Å². The molecule has 4 rings (SSSR count). The minimum Gasteiger partial charge on any atom is -0.267 e. The van der Waals surface area contributed by atoms with Crippen LogP contribution >= 0.6 is 27.7 Å². The number of fused-ring (bicyclic) bond motifs is 2. The summed E-state index contributed by atoms with van der Waals surface area (Å²) < 4.78 is 2.43. The van der Waals surface area contributed by atoms with Crippen LogP contribution in [-0.4, -0.2) is 21.1 Å². The van der Waals surface area contributed by atoms with Gasteiger partial charge in [0.15, 0.2) is 5.16 Å². The van der Waals surface area contributed by atoms with Crippen molar-refractivity contribution in [3.8, 4) is 0 Å². The van der Waals surface area contributed by atoms with E-state index in [0.717, 1.165) is 15.7 Å². The Morgan fingerprint density at radius 1 is 1.09 bits per heavy atom. The quantitative estimate of drug-likeness (QED) is 0.614. The number of aromatic nitrogens is 2. The smallest absolute Gasteiger partial charge is 0.267 e. The standard InChI is InChI=1S/C16H10BrN3OS/c17-11-7-5-10(6-8-11)14-9-22-16-18-13-4-2-1-3-12(13)15(21)20(16)19-14/h1-8H,9H2. The van der Waals surface area contributed by atoms with Gasteiger partial charge in [-0.05, 0) is 29.8 Å². The Hall–Kier alpha value is -1.92. The molecule has 2 heterocycles. The molecular weight excluding hydrogens is 362 g/mol. The topological polar surface area (TPSA) is 47.2 Å². The molecule has 0 N–H and O–H groups in total. The summed E-state index contributed by atoms with van der Waals surface area (Å²) in [4.78, 5) is 17.1. The summed E-state index contributed by atoms with van der Waals surface area (Å²) in [6.07, 6.45) is 0. The second-order valence-corrected chi connectivity index (χ2v) is 6.73. The lowest BCUT2D eigenvalue weighted by molar-refractivity contribution is 0.699. The fraction of sp³-hybridized carbons (Fsp3) is 0.0625. The summed E-state index contributed by atoms with van der Waals surface area (Å²) in [5.41, 5.74) is 2.49. The summed E-state index contributed by atoms with van der Waals surface area (Å²) in [5, 5.41) is 5.75. The predicted octanol–water partition coefficient (Wildman–Crippen LogP) is 3.52. The van der Waals surface area contributed by atoms with Crippen LogP contribution in [0.5, 0.6) is 0 Å². The van der Waals surface area contributed by atoms with Crippen molar-refractivity contribution in [1.29, 1.82) is 0 Å². The normalized spacial score (nSPS) is 13.8. The monoisotopic (exact) mass is 371 g/mol. The van der Waals surface area contributed by atoms with Gasteiger partial charge in [-0.1, -0.05) is 52.0 Å². The Kier molecular flexibility index (Phi) is 3.35. The maximum atomic E-state index is 12.6. The molecule has 6 heteroatoms. The Morgan fingerprint density at radius 3 is 2.68 bits per heavy atom. The van der Waals surface area contributed by atoms with Gasteiger partial charge in [-0.25, -0.2) is 4.98 Å². The largest absolute Gasteiger partial charge is 0.282 e. The number of hydrogen-bond donors (Lipinski definition) is 0. The zero-order chi connectivity index (χ0) is 15.1. The maximum absolute atomic E-state index is 12.6. The van der Waals surface area contributed by atoms with Crippen LogP contribution in [0.2, 0.25) is 0 Å². The van der Waals surface area contributed by atoms with E-state index >= 15 is 0 Å². The highest BCUT2D eigenvalue weighted by Gasteiger charge is 2.18. The van der Waals surface area contributed by atoms with E-state index < -0.39 is 0 Å². The lowest BCUT2D eigenvalue weighted by Gasteiger charge is -2.16. The SMILES string of the molecule is O=c1c2ccccc2nc2n1N=C(c1ccc(Br)cc1)CS2. The van der Waals surface area contributed by atoms with Crippen LogP contribution in [0.25, 0.3) is 10.9 Å². The molecular formula is C16H10BrN3OS. The Labute approximate surface area is 139 Å². The number of nitrogens with zero attached hydrogens (tertiary/aromatic N) is 3. The van der Waals surface area contributed by atoms with Gasteiger partial charge in [0.25, 0.3) is 5.56 Å². The average Bonchev–Trinajstić information content (AvgIpc) is 2.56. The number of thioether (sulfide) groups is 1. The molecule has 1 aliphatic rings. The van der Waals surface area contributed by atoms with Crippen LogP contribution in [0.1, 0.15) is 5.56 Å². The fourth-order valence-electron chi connectivity index (χ4n) is 2.35. The summed E-state index contributed by atoms with van der Waals surface area (Å²) in [7, 11) is 0. The number of benzene rings is 2. The van der Waals surface area contributed by atoms with Gasteiger partial charge in [0.05, 0.1) is 16.6 Å². The van der Waals surface area contributed by atoms with Crippen LogP contribution in [0.15, 0.2) is 68.1 Å². The molecule has 0 aliphatic carbocycles. The predicted molar refractivity (Wildman–Crippen MR) is 92.8 cm³/mol. The highest BCUT2D eigenvalue weighted by Crippen LogP contribution is 2.24. The van der Waals surface area contributed by atoms with Crippen LogP contribution < -0.4 is 5.56 Å². The molecule has 22 heavy (non-hydrogen) atoms. The fourth-order valence-corrected chi connectivity index (χ4v) is 3.51. The molecule has 0 atom stereocenters. The summed E-state index contributed by atoms with van der Waals surface area (Å²) in [6.45, 7) is 0. The molecule has 1 aromatic heterocycles. The van der Waals surface area contributed by atoms with Gasteiger partial charge in [-0.2, -0.15) is 9.78 Å². The second-order valence-electron chi connectivity index (χ2n) is 4.87. The first-order chi connectivity index (χ1) is 10.7. The molecule has 4 nitrogen and oxygen atoms in total. The Balaban J connectivity index is 1.90. The van der Waals surface area contributed by atoms with Gasteiger partial charge < -0.3 is 0 Å². The third-order valence-corrected chi connectivity index (χ3v) is 4.93. The number of para-hydroxylation sites is 1. The van der Waals surface area contributed by atoms with E-state index in [0.29, 0.717) is 21.8 Å². The van der Waals surface area contributed by atoms with Crippen LogP contribution in [0, 0.1) is 0 Å². The van der Waals surface area contributed by atoms with Crippen molar-refractivity contribution in [3.63, 3.8) is 0 Å². The molecule has 0 spiro atoms. The minimum absolute atomic E-state index is 0.123. The van der Waals surface area contributed by atoms with Gasteiger partial charge in [0.1, 0.15) is 0 Å². The van der Waals surface area contributed by atoms with E-state index in [1.54, 1.807) is 6.07 Å². The van der Waals surface area contributed by atoms with Crippen LogP contribution in [0.4, 0.5) is 0 Å². The van der Waals surface area contributed by atoms with Gasteiger partial charge in [0.2, 0.25) is 0 Å². The van der Waals surface area contributed by atoms with Crippen molar-refractivity contribution in [2.45, 2.75) is 5.16 Å². The Bertz CT molecular complexity index is 963. The molecule has 108 valence electrons. The number of rotatable bonds is 1. The van der Waals surface area contributed by atoms with E-state index in [1.165, 1.54) is 16.4 Å². The number of hydrogen-bond acceptors (Lipinski definition) is 4. The van der Waals surface area contributed by atoms with E-state index in [4.69, 9.17) is 0 Å². The lowest BCUT2D eigenvalue weighted by atomic mass is 10.1. The highest BCUT2D eigenvalue weighted by atomic mass is 79.9. The first kappa shape index (κ1) is 13.7. The molecule has 1 aliphatic heterocycles. The molecule has 2 aromatic carbocycles. The van der Waals surface area contributed by atoms with Gasteiger partial charge in [-0.15, -0.1) is 0 Å². The molecule has 0 saturated carbocycles. The van der Waals surface area contributed by atoms with E-state index in [2.05, 4.69) is 26.0 Å². The van der Waals surface area contributed by atoms with Crippen molar-refractivity contribution in [3.05, 3.63) is 68.9 Å². The Morgan fingerprint density at radius 2 is 1.86 bits per heavy atom. The van der Waals surface area contributed by atoms with E-state index in [-0.39, 0.29) is 5.56 Å². The zero-order valence-corrected chi connectivity index (χ0v) is 13.8. The molecule has 0 saturated heterocycles. The zero-order valence-electron chi connectivity index (χ0n) is 11.4. The highest BCUT2D eigenvalue weighted by molar-refractivity contribution is 9.10. The molecule has 0 radical (unpaired) electrons. The van der Waals surface area contributed by atoms with Crippen molar-refractivity contribution < 1.29 is 0 Å². The van der Waals surface area contributed by atoms with Crippen LogP contribution in [-0.2, 0) is 0 Å². The molecule has 0 amide bonds. The lowest BCUT2D eigenvalue weighted by Crippen LogP contribution is -2.25. The van der Waals surface area contributed by atoms with Crippen molar-refractivity contribution >= 4 is 44.3 Å². The first-order valence-corrected chi connectivity index (χ1v) is 8.48. The van der Waals surface area contributed by atoms with Gasteiger partial charge >= 0.3 is 0 Å². The third-order valence-electron chi connectivity index (χ3n) is 3.46. The van der Waals surface area contributed by atoms with Crippen molar-refractivity contribution in [2.75, 3.05) is 5.75 Å². The third kappa shape index (κ3) is 2.28. The first-order valence-electron chi connectivity index (χ1n) is 6.71. The summed E-state index contributed by atoms with van der Waals surface area (Å²) >= 11 is 4.96. The molecule has 0 bridgehead atoms.